The van der Waals surface area contributed by atoms with Crippen molar-refractivity contribution in [3.63, 3.8) is 0 Å². The van der Waals surface area contributed by atoms with Gasteiger partial charge in [0.2, 0.25) is 11.8 Å². The van der Waals surface area contributed by atoms with Crippen molar-refractivity contribution in [2.75, 3.05) is 29.5 Å². The van der Waals surface area contributed by atoms with Crippen LogP contribution in [0, 0.1) is 0 Å². The molecule has 0 aromatic heterocycles. The quantitative estimate of drug-likeness (QED) is 0.312. The lowest BCUT2D eigenvalue weighted by molar-refractivity contribution is -0.121. The maximum atomic E-state index is 12.6. The Bertz CT molecular complexity index is 1260. The van der Waals surface area contributed by atoms with Crippen LogP contribution in [0.15, 0.2) is 78.9 Å². The number of hydrogen-bond donors (Lipinski definition) is 3. The molecule has 1 fully saturated rings. The predicted molar refractivity (Wildman–Crippen MR) is 152 cm³/mol. The van der Waals surface area contributed by atoms with Crippen LogP contribution in [0.3, 0.4) is 0 Å². The normalized spacial score (nSPS) is 13.7. The predicted octanol–water partition coefficient (Wildman–Crippen LogP) is 3.64. The number of rotatable bonds is 12. The van der Waals surface area contributed by atoms with Crippen molar-refractivity contribution in [2.45, 2.75) is 45.1 Å². The Balaban J connectivity index is 1.21. The van der Waals surface area contributed by atoms with Gasteiger partial charge in [-0.15, -0.1) is 0 Å². The van der Waals surface area contributed by atoms with Gasteiger partial charge in [0.05, 0.1) is 18.2 Å². The first-order valence-electron chi connectivity index (χ1n) is 13.5. The minimum absolute atomic E-state index is 0.138. The fraction of sp³-hybridized carbons (Fsp3) is 0.323. The molecule has 0 bridgehead atoms. The standard InChI is InChI=1S/C31H36N4O4/c1-2-35(33-31(39)25-9-4-3-5-10-25)27-11-6-8-23(20-27)15-18-28(36)22-32-29(37)21-24-13-16-26(17-14-24)34-19-7-12-30(34)38/h3-6,8-11,13-14,16-17,20,28,36H,2,7,12,15,18-19,21-22H2,1H3,(H,32,37)(H,33,39). The molecule has 204 valence electrons. The van der Waals surface area contributed by atoms with Crippen LogP contribution in [0.5, 0.6) is 0 Å². The molecule has 0 spiro atoms. The van der Waals surface area contributed by atoms with E-state index in [0.717, 1.165) is 35.5 Å². The number of aryl methyl sites for hydroxylation is 1. The molecule has 0 saturated carbocycles. The number of amides is 3. The highest BCUT2D eigenvalue weighted by molar-refractivity contribution is 5.95. The maximum absolute atomic E-state index is 12.6. The highest BCUT2D eigenvalue weighted by atomic mass is 16.3. The summed E-state index contributed by atoms with van der Waals surface area (Å²) < 4.78 is 0. The van der Waals surface area contributed by atoms with Crippen molar-refractivity contribution in [2.24, 2.45) is 0 Å². The Morgan fingerprint density at radius 3 is 2.46 bits per heavy atom. The molecule has 1 unspecified atom stereocenters. The van der Waals surface area contributed by atoms with Crippen LogP contribution >= 0.6 is 0 Å². The fourth-order valence-corrected chi connectivity index (χ4v) is 4.61. The molecule has 1 aliphatic rings. The summed E-state index contributed by atoms with van der Waals surface area (Å²) >= 11 is 0. The van der Waals surface area contributed by atoms with Gasteiger partial charge in [-0.05, 0) is 73.7 Å². The van der Waals surface area contributed by atoms with E-state index in [2.05, 4.69) is 10.7 Å². The Morgan fingerprint density at radius 1 is 1.00 bits per heavy atom. The summed E-state index contributed by atoms with van der Waals surface area (Å²) in [7, 11) is 0. The van der Waals surface area contributed by atoms with Crippen LogP contribution in [0.4, 0.5) is 11.4 Å². The Labute approximate surface area is 229 Å². The number of nitrogens with one attached hydrogen (secondary N) is 2. The minimum Gasteiger partial charge on any atom is -0.391 e. The van der Waals surface area contributed by atoms with Crippen LogP contribution in [0.1, 0.15) is 47.7 Å². The molecular formula is C31H36N4O4. The molecule has 1 aliphatic heterocycles. The molecule has 3 amide bonds. The third-order valence-electron chi connectivity index (χ3n) is 6.80. The van der Waals surface area contributed by atoms with E-state index in [1.165, 1.54) is 0 Å². The fourth-order valence-electron chi connectivity index (χ4n) is 4.61. The summed E-state index contributed by atoms with van der Waals surface area (Å²) in [6, 6.07) is 24.4. The van der Waals surface area contributed by atoms with Gasteiger partial charge in [0.25, 0.3) is 5.91 Å². The molecule has 0 aliphatic carbocycles. The lowest BCUT2D eigenvalue weighted by Crippen LogP contribution is -2.42. The number of aliphatic hydroxyl groups is 1. The summed E-state index contributed by atoms with van der Waals surface area (Å²) in [6.45, 7) is 3.47. The van der Waals surface area contributed by atoms with Gasteiger partial charge in [-0.3, -0.25) is 24.8 Å². The van der Waals surface area contributed by atoms with Crippen molar-refractivity contribution in [3.8, 4) is 0 Å². The van der Waals surface area contributed by atoms with Gasteiger partial charge in [-0.25, -0.2) is 0 Å². The number of aliphatic hydroxyl groups excluding tert-OH is 1. The molecule has 3 aromatic carbocycles. The summed E-state index contributed by atoms with van der Waals surface area (Å²) in [5, 5.41) is 15.1. The minimum atomic E-state index is -0.679. The molecule has 4 rings (SSSR count). The molecule has 3 N–H and O–H groups in total. The second-order valence-corrected chi connectivity index (χ2v) is 9.71. The van der Waals surface area contributed by atoms with E-state index in [-0.39, 0.29) is 30.7 Å². The van der Waals surface area contributed by atoms with Gasteiger partial charge >= 0.3 is 0 Å². The number of carbonyl (C=O) groups excluding carboxylic acids is 3. The van der Waals surface area contributed by atoms with Crippen LogP contribution < -0.4 is 20.7 Å². The average Bonchev–Trinajstić information content (AvgIpc) is 3.40. The first-order chi connectivity index (χ1) is 18.9. The Morgan fingerprint density at radius 2 is 1.77 bits per heavy atom. The lowest BCUT2D eigenvalue weighted by Gasteiger charge is -2.24. The van der Waals surface area contributed by atoms with Crippen molar-refractivity contribution in [1.29, 1.82) is 0 Å². The molecule has 39 heavy (non-hydrogen) atoms. The van der Waals surface area contributed by atoms with Crippen molar-refractivity contribution in [3.05, 3.63) is 95.6 Å². The van der Waals surface area contributed by atoms with Gasteiger partial charge in [0.15, 0.2) is 0 Å². The number of anilines is 2. The monoisotopic (exact) mass is 528 g/mol. The molecule has 1 heterocycles. The first-order valence-corrected chi connectivity index (χ1v) is 13.5. The van der Waals surface area contributed by atoms with Crippen LogP contribution in [0.25, 0.3) is 0 Å². The molecule has 1 saturated heterocycles. The van der Waals surface area contributed by atoms with E-state index in [1.807, 2.05) is 73.7 Å². The summed E-state index contributed by atoms with van der Waals surface area (Å²) in [6.07, 6.45) is 2.12. The SMILES string of the molecule is CCN(NC(=O)c1ccccc1)c1cccc(CCC(O)CNC(=O)Cc2ccc(N3CCCC3=O)cc2)c1. The van der Waals surface area contributed by atoms with Gasteiger partial charge in [-0.2, -0.15) is 0 Å². The first kappa shape index (κ1) is 27.9. The van der Waals surface area contributed by atoms with E-state index in [9.17, 15) is 19.5 Å². The smallest absolute Gasteiger partial charge is 0.269 e. The van der Waals surface area contributed by atoms with Gasteiger partial charge in [-0.1, -0.05) is 42.5 Å². The third-order valence-corrected chi connectivity index (χ3v) is 6.80. The number of benzene rings is 3. The number of hydrazine groups is 1. The molecule has 8 nitrogen and oxygen atoms in total. The molecule has 1 atom stereocenters. The van der Waals surface area contributed by atoms with E-state index in [0.29, 0.717) is 31.4 Å². The number of carbonyl (C=O) groups is 3. The van der Waals surface area contributed by atoms with E-state index >= 15 is 0 Å². The van der Waals surface area contributed by atoms with E-state index in [1.54, 1.807) is 22.0 Å². The number of hydrogen-bond acceptors (Lipinski definition) is 5. The molecular weight excluding hydrogens is 492 g/mol. The zero-order valence-electron chi connectivity index (χ0n) is 22.3. The summed E-state index contributed by atoms with van der Waals surface area (Å²) in [5.74, 6) is -0.195. The zero-order valence-corrected chi connectivity index (χ0v) is 22.3. The van der Waals surface area contributed by atoms with Crippen LogP contribution in [0.2, 0.25) is 0 Å². The van der Waals surface area contributed by atoms with Crippen molar-refractivity contribution >= 4 is 29.1 Å². The van der Waals surface area contributed by atoms with Crippen LogP contribution in [-0.4, -0.2) is 48.6 Å². The second-order valence-electron chi connectivity index (χ2n) is 9.71. The second kappa shape index (κ2) is 13.6. The third kappa shape index (κ3) is 7.91. The van der Waals surface area contributed by atoms with Gasteiger partial charge in [0, 0.05) is 37.3 Å². The lowest BCUT2D eigenvalue weighted by atomic mass is 10.1. The van der Waals surface area contributed by atoms with Crippen LogP contribution in [-0.2, 0) is 22.4 Å². The van der Waals surface area contributed by atoms with Gasteiger partial charge in [0.1, 0.15) is 0 Å². The Kier molecular flexibility index (Phi) is 9.69. The summed E-state index contributed by atoms with van der Waals surface area (Å²) in [4.78, 5) is 38.7. The highest BCUT2D eigenvalue weighted by Gasteiger charge is 2.21. The zero-order chi connectivity index (χ0) is 27.6. The average molecular weight is 529 g/mol. The van der Waals surface area contributed by atoms with Crippen molar-refractivity contribution in [1.82, 2.24) is 10.7 Å². The Hall–Kier alpha value is -4.17. The maximum Gasteiger partial charge on any atom is 0.269 e. The van der Waals surface area contributed by atoms with E-state index < -0.39 is 6.10 Å². The largest absolute Gasteiger partial charge is 0.391 e. The number of nitrogens with zero attached hydrogens (tertiary/aromatic N) is 2. The van der Waals surface area contributed by atoms with Gasteiger partial charge < -0.3 is 15.3 Å². The summed E-state index contributed by atoms with van der Waals surface area (Å²) in [5.41, 5.74) is 7.14. The molecule has 3 aromatic rings. The highest BCUT2D eigenvalue weighted by Crippen LogP contribution is 2.22. The molecule has 0 radical (unpaired) electrons. The van der Waals surface area contributed by atoms with Crippen molar-refractivity contribution < 1.29 is 19.5 Å². The molecule has 8 heteroatoms. The topological polar surface area (TPSA) is 102 Å². The van der Waals surface area contributed by atoms with E-state index in [4.69, 9.17) is 0 Å².